The standard InChI is InChI=1S/C3H6O4.C2H8N2/c4-1-2-7-3(5)6;3-1-2-4/h4H,1-2H2,(H,5,6);1-4H2. The maximum atomic E-state index is 9.42. The minimum absolute atomic E-state index is 0.144. The summed E-state index contributed by atoms with van der Waals surface area (Å²) in [6.07, 6.45) is -1.35. The van der Waals surface area contributed by atoms with Crippen LogP contribution in [0.15, 0.2) is 0 Å². The van der Waals surface area contributed by atoms with E-state index in [0.29, 0.717) is 13.1 Å². The van der Waals surface area contributed by atoms with Gasteiger partial charge in [0.05, 0.1) is 6.61 Å². The second kappa shape index (κ2) is 11.9. The number of carbonyl (C=O) groups is 1. The predicted molar refractivity (Wildman–Crippen MR) is 39.2 cm³/mol. The van der Waals surface area contributed by atoms with Gasteiger partial charge in [0.1, 0.15) is 6.61 Å². The first-order valence-corrected chi connectivity index (χ1v) is 3.05. The first-order chi connectivity index (χ1) is 5.18. The lowest BCUT2D eigenvalue weighted by molar-refractivity contribution is 0.0743. The van der Waals surface area contributed by atoms with Crippen LogP contribution in [0, 0.1) is 0 Å². The maximum Gasteiger partial charge on any atom is 0.505 e. The van der Waals surface area contributed by atoms with E-state index < -0.39 is 6.16 Å². The van der Waals surface area contributed by atoms with E-state index in [1.807, 2.05) is 0 Å². The number of nitrogens with two attached hydrogens (primary N) is 2. The molecule has 0 aliphatic carbocycles. The third-order valence-corrected chi connectivity index (χ3v) is 0.483. The zero-order chi connectivity index (χ0) is 9.11. The molecule has 0 aromatic rings. The Hall–Kier alpha value is -0.850. The molecule has 0 fully saturated rings. The van der Waals surface area contributed by atoms with E-state index in [1.165, 1.54) is 0 Å². The molecule has 0 unspecified atom stereocenters. The molecular weight excluding hydrogens is 152 g/mol. The van der Waals surface area contributed by atoms with Crippen LogP contribution in [-0.4, -0.2) is 42.7 Å². The molecule has 0 rings (SSSR count). The van der Waals surface area contributed by atoms with Gasteiger partial charge in [0.15, 0.2) is 0 Å². The molecule has 11 heavy (non-hydrogen) atoms. The van der Waals surface area contributed by atoms with Gasteiger partial charge < -0.3 is 26.4 Å². The summed E-state index contributed by atoms with van der Waals surface area (Å²) in [6.45, 7) is 0.793. The predicted octanol–water partition coefficient (Wildman–Crippen LogP) is -1.42. The zero-order valence-corrected chi connectivity index (χ0v) is 6.19. The van der Waals surface area contributed by atoms with Gasteiger partial charge in [-0.25, -0.2) is 4.79 Å². The molecule has 0 saturated heterocycles. The van der Waals surface area contributed by atoms with E-state index in [4.69, 9.17) is 21.7 Å². The first kappa shape index (κ1) is 12.8. The molecule has 0 aromatic carbocycles. The van der Waals surface area contributed by atoms with Crippen LogP contribution in [-0.2, 0) is 4.74 Å². The monoisotopic (exact) mass is 166 g/mol. The highest BCUT2D eigenvalue weighted by Crippen LogP contribution is 1.71. The Balaban J connectivity index is 0. The highest BCUT2D eigenvalue weighted by atomic mass is 16.7. The molecule has 6 heteroatoms. The molecule has 68 valence electrons. The number of ether oxygens (including phenoxy) is 1. The lowest BCUT2D eigenvalue weighted by Gasteiger charge is -1.91. The Labute approximate surface area is 64.7 Å². The number of rotatable bonds is 3. The smallest absolute Gasteiger partial charge is 0.450 e. The fourth-order valence-corrected chi connectivity index (χ4v) is 0.133. The summed E-state index contributed by atoms with van der Waals surface area (Å²) in [5.74, 6) is 0. The maximum absolute atomic E-state index is 9.42. The summed E-state index contributed by atoms with van der Waals surface area (Å²) in [4.78, 5) is 9.42. The number of carboxylic acid groups (broad SMARTS) is 1. The number of aliphatic hydroxyl groups is 1. The molecule has 6 nitrogen and oxygen atoms in total. The van der Waals surface area contributed by atoms with Crippen LogP contribution in [0.25, 0.3) is 0 Å². The Kier molecular flexibility index (Phi) is 13.8. The fourth-order valence-electron chi connectivity index (χ4n) is 0.133. The Morgan fingerprint density at radius 2 is 1.82 bits per heavy atom. The molecule has 0 spiro atoms. The van der Waals surface area contributed by atoms with Crippen molar-refractivity contribution in [3.63, 3.8) is 0 Å². The molecule has 0 aromatic heterocycles. The average molecular weight is 166 g/mol. The van der Waals surface area contributed by atoms with Gasteiger partial charge in [0.2, 0.25) is 0 Å². The minimum atomic E-state index is -1.35. The molecule has 0 radical (unpaired) electrons. The molecule has 6 N–H and O–H groups in total. The van der Waals surface area contributed by atoms with E-state index in [9.17, 15) is 4.79 Å². The lowest BCUT2D eigenvalue weighted by atomic mass is 10.7. The second-order valence-corrected chi connectivity index (χ2v) is 1.42. The van der Waals surface area contributed by atoms with Gasteiger partial charge in [-0.15, -0.1) is 0 Å². The fraction of sp³-hybridized carbons (Fsp3) is 0.800. The number of aliphatic hydroxyl groups excluding tert-OH is 1. The normalized spacial score (nSPS) is 7.91. The van der Waals surface area contributed by atoms with Crippen LogP contribution in [0.4, 0.5) is 4.79 Å². The highest BCUT2D eigenvalue weighted by molar-refractivity contribution is 5.56. The van der Waals surface area contributed by atoms with Crippen LogP contribution in [0.1, 0.15) is 0 Å². The van der Waals surface area contributed by atoms with Crippen molar-refractivity contribution in [3.8, 4) is 0 Å². The van der Waals surface area contributed by atoms with E-state index >= 15 is 0 Å². The van der Waals surface area contributed by atoms with Crippen molar-refractivity contribution in [2.45, 2.75) is 0 Å². The Bertz CT molecular complexity index is 86.6. The van der Waals surface area contributed by atoms with Crippen LogP contribution >= 0.6 is 0 Å². The highest BCUT2D eigenvalue weighted by Gasteiger charge is 1.90. The molecule has 0 heterocycles. The second-order valence-electron chi connectivity index (χ2n) is 1.42. The minimum Gasteiger partial charge on any atom is -0.450 e. The van der Waals surface area contributed by atoms with Crippen molar-refractivity contribution in [3.05, 3.63) is 0 Å². The summed E-state index contributed by atoms with van der Waals surface area (Å²) in [7, 11) is 0. The summed E-state index contributed by atoms with van der Waals surface area (Å²) in [5.41, 5.74) is 9.81. The third-order valence-electron chi connectivity index (χ3n) is 0.483. The summed E-state index contributed by atoms with van der Waals surface area (Å²) in [5, 5.41) is 15.6. The summed E-state index contributed by atoms with van der Waals surface area (Å²) >= 11 is 0. The average Bonchev–Trinajstić information content (AvgIpc) is 2.01. The first-order valence-electron chi connectivity index (χ1n) is 3.05. The van der Waals surface area contributed by atoms with Gasteiger partial charge in [0, 0.05) is 13.1 Å². The van der Waals surface area contributed by atoms with Gasteiger partial charge in [-0.05, 0) is 0 Å². The van der Waals surface area contributed by atoms with E-state index in [2.05, 4.69) is 4.74 Å². The molecule has 0 bridgehead atoms. The quantitative estimate of drug-likeness (QED) is 0.382. The summed E-state index contributed by atoms with van der Waals surface area (Å²) in [6, 6.07) is 0. The van der Waals surface area contributed by atoms with Gasteiger partial charge in [-0.2, -0.15) is 0 Å². The van der Waals surface area contributed by atoms with Gasteiger partial charge in [-0.3, -0.25) is 0 Å². The molecule has 0 amide bonds. The van der Waals surface area contributed by atoms with E-state index in [1.54, 1.807) is 0 Å². The van der Waals surface area contributed by atoms with E-state index in [0.717, 1.165) is 0 Å². The van der Waals surface area contributed by atoms with Crippen molar-refractivity contribution in [2.24, 2.45) is 11.5 Å². The van der Waals surface area contributed by atoms with Gasteiger partial charge in [-0.1, -0.05) is 0 Å². The Morgan fingerprint density at radius 3 is 1.91 bits per heavy atom. The van der Waals surface area contributed by atoms with Crippen molar-refractivity contribution < 1.29 is 19.7 Å². The van der Waals surface area contributed by atoms with Crippen LogP contribution in [0.3, 0.4) is 0 Å². The van der Waals surface area contributed by atoms with Crippen LogP contribution in [0.2, 0.25) is 0 Å². The molecular formula is C5H14N2O4. The Morgan fingerprint density at radius 1 is 1.36 bits per heavy atom. The van der Waals surface area contributed by atoms with Crippen LogP contribution in [0.5, 0.6) is 0 Å². The third kappa shape index (κ3) is 27.2. The van der Waals surface area contributed by atoms with Crippen molar-refractivity contribution >= 4 is 6.16 Å². The lowest BCUT2D eigenvalue weighted by Crippen LogP contribution is -2.11. The van der Waals surface area contributed by atoms with Crippen molar-refractivity contribution in [2.75, 3.05) is 26.3 Å². The summed E-state index contributed by atoms with van der Waals surface area (Å²) < 4.78 is 3.86. The van der Waals surface area contributed by atoms with Crippen molar-refractivity contribution in [1.29, 1.82) is 0 Å². The zero-order valence-electron chi connectivity index (χ0n) is 6.19. The topological polar surface area (TPSA) is 119 Å². The number of hydrogen-bond acceptors (Lipinski definition) is 5. The van der Waals surface area contributed by atoms with Gasteiger partial charge in [0.25, 0.3) is 0 Å². The molecule has 0 aliphatic heterocycles. The van der Waals surface area contributed by atoms with Crippen molar-refractivity contribution in [1.82, 2.24) is 0 Å². The largest absolute Gasteiger partial charge is 0.505 e. The molecule has 0 aliphatic rings. The SMILES string of the molecule is NCCN.O=C(O)OCCO. The number of hydrogen-bond donors (Lipinski definition) is 4. The van der Waals surface area contributed by atoms with Crippen LogP contribution < -0.4 is 11.5 Å². The molecule has 0 atom stereocenters. The van der Waals surface area contributed by atoms with E-state index in [-0.39, 0.29) is 13.2 Å². The van der Waals surface area contributed by atoms with Gasteiger partial charge >= 0.3 is 6.16 Å². The molecule has 0 saturated carbocycles.